The first-order valence-corrected chi connectivity index (χ1v) is 5.36. The molecule has 1 fully saturated rings. The van der Waals surface area contributed by atoms with Crippen LogP contribution in [0.4, 0.5) is 0 Å². The van der Waals surface area contributed by atoms with E-state index in [1.165, 1.54) is 11.3 Å². The minimum Gasteiger partial charge on any atom is -0.349 e. The number of carbonyl (C=O) groups is 1. The van der Waals surface area contributed by atoms with E-state index in [2.05, 4.69) is 10.3 Å². The van der Waals surface area contributed by atoms with Crippen molar-refractivity contribution in [1.82, 2.24) is 10.3 Å². The van der Waals surface area contributed by atoms with E-state index in [0.29, 0.717) is 13.0 Å². The predicted molar refractivity (Wildman–Crippen MR) is 52.9 cm³/mol. The number of nitro groups is 1. The molecule has 2 atom stereocenters. The molecule has 1 heterocycles. The molecular weight excluding hydrogens is 218 g/mol. The lowest BCUT2D eigenvalue weighted by Crippen LogP contribution is -2.26. The summed E-state index contributed by atoms with van der Waals surface area (Å²) in [5.74, 6) is -0.688. The summed E-state index contributed by atoms with van der Waals surface area (Å²) in [7, 11) is 0. The minimum atomic E-state index is -0.679. The number of nitrogens with zero attached hydrogens (tertiary/aromatic N) is 2. The smallest absolute Gasteiger partial charge is 0.230 e. The third-order valence-electron chi connectivity index (χ3n) is 2.26. The largest absolute Gasteiger partial charge is 0.349 e. The van der Waals surface area contributed by atoms with E-state index >= 15 is 0 Å². The summed E-state index contributed by atoms with van der Waals surface area (Å²) in [6.45, 7) is 0.359. The molecule has 1 N–H and O–H groups in total. The van der Waals surface area contributed by atoms with Crippen molar-refractivity contribution in [3.63, 3.8) is 0 Å². The van der Waals surface area contributed by atoms with Crippen molar-refractivity contribution in [3.8, 4) is 0 Å². The molecule has 0 spiro atoms. The Morgan fingerprint density at radius 1 is 1.80 bits per heavy atom. The van der Waals surface area contributed by atoms with Gasteiger partial charge in [0.1, 0.15) is 10.9 Å². The van der Waals surface area contributed by atoms with Crippen LogP contribution in [-0.2, 0) is 11.3 Å². The van der Waals surface area contributed by atoms with Crippen LogP contribution in [0.2, 0.25) is 0 Å². The summed E-state index contributed by atoms with van der Waals surface area (Å²) < 4.78 is 0. The summed E-state index contributed by atoms with van der Waals surface area (Å²) >= 11 is 1.44. The maximum absolute atomic E-state index is 11.4. The molecule has 1 aliphatic rings. The molecule has 0 unspecified atom stereocenters. The second kappa shape index (κ2) is 3.93. The molecule has 1 aromatic rings. The van der Waals surface area contributed by atoms with Gasteiger partial charge in [0.15, 0.2) is 0 Å². The van der Waals surface area contributed by atoms with Gasteiger partial charge in [-0.3, -0.25) is 14.9 Å². The van der Waals surface area contributed by atoms with Gasteiger partial charge in [-0.05, 0) is 0 Å². The van der Waals surface area contributed by atoms with Gasteiger partial charge < -0.3 is 5.32 Å². The van der Waals surface area contributed by atoms with Crippen LogP contribution in [0.3, 0.4) is 0 Å². The number of rotatable bonds is 4. The van der Waals surface area contributed by atoms with Gasteiger partial charge in [0.25, 0.3) is 0 Å². The fourth-order valence-corrected chi connectivity index (χ4v) is 1.89. The van der Waals surface area contributed by atoms with Crippen LogP contribution < -0.4 is 5.32 Å². The molecular formula is C8H9N3O3S. The highest BCUT2D eigenvalue weighted by molar-refractivity contribution is 7.09. The quantitative estimate of drug-likeness (QED) is 0.597. The number of carbonyl (C=O) groups excluding carboxylic acids is 1. The molecule has 0 saturated heterocycles. The Bertz CT molecular complexity index is 378. The monoisotopic (exact) mass is 227 g/mol. The molecule has 2 rings (SSSR count). The Morgan fingerprint density at radius 3 is 3.13 bits per heavy atom. The van der Waals surface area contributed by atoms with Gasteiger partial charge >= 0.3 is 0 Å². The first kappa shape index (κ1) is 10.0. The van der Waals surface area contributed by atoms with Crippen LogP contribution in [0.15, 0.2) is 11.6 Å². The standard InChI is InChI=1S/C8H9N3O3S/c12-8(5-3-6(5)11(13)14)10-4-7-9-1-2-15-7/h1-2,5-6H,3-4H2,(H,10,12)/t5-,6+/m1/s1. The first-order chi connectivity index (χ1) is 7.18. The molecule has 15 heavy (non-hydrogen) atoms. The summed E-state index contributed by atoms with van der Waals surface area (Å²) in [5, 5.41) is 15.6. The van der Waals surface area contributed by atoms with Gasteiger partial charge in [-0.2, -0.15) is 0 Å². The molecule has 1 aromatic heterocycles. The summed E-state index contributed by atoms with van der Waals surface area (Å²) in [5.41, 5.74) is 0. The fraction of sp³-hybridized carbons (Fsp3) is 0.500. The summed E-state index contributed by atoms with van der Waals surface area (Å²) in [6, 6.07) is -0.679. The number of amides is 1. The SMILES string of the molecule is O=C(NCc1nccs1)[C@@H]1C[C@@H]1[N+](=O)[O-]. The molecule has 80 valence electrons. The van der Waals surface area contributed by atoms with Crippen molar-refractivity contribution in [3.05, 3.63) is 26.7 Å². The lowest BCUT2D eigenvalue weighted by Gasteiger charge is -1.99. The number of thiazole rings is 1. The molecule has 1 amide bonds. The van der Waals surface area contributed by atoms with Crippen molar-refractivity contribution in [1.29, 1.82) is 0 Å². The highest BCUT2D eigenvalue weighted by Crippen LogP contribution is 2.33. The number of hydrogen-bond donors (Lipinski definition) is 1. The van der Waals surface area contributed by atoms with Gasteiger partial charge in [0, 0.05) is 22.9 Å². The summed E-state index contributed by atoms with van der Waals surface area (Å²) in [6.07, 6.45) is 2.01. The maximum atomic E-state index is 11.4. The maximum Gasteiger partial charge on any atom is 0.230 e. The van der Waals surface area contributed by atoms with E-state index in [1.54, 1.807) is 6.20 Å². The molecule has 0 bridgehead atoms. The molecule has 0 aromatic carbocycles. The number of aromatic nitrogens is 1. The number of nitrogens with one attached hydrogen (secondary N) is 1. The molecule has 0 aliphatic heterocycles. The second-order valence-corrected chi connectivity index (χ2v) is 4.32. The van der Waals surface area contributed by atoms with E-state index in [9.17, 15) is 14.9 Å². The lowest BCUT2D eigenvalue weighted by molar-refractivity contribution is -0.497. The highest BCUT2D eigenvalue weighted by atomic mass is 32.1. The van der Waals surface area contributed by atoms with E-state index in [4.69, 9.17) is 0 Å². The normalized spacial score (nSPS) is 23.5. The first-order valence-electron chi connectivity index (χ1n) is 4.48. The van der Waals surface area contributed by atoms with E-state index in [1.807, 2.05) is 5.38 Å². The van der Waals surface area contributed by atoms with E-state index in [-0.39, 0.29) is 5.91 Å². The zero-order valence-corrected chi connectivity index (χ0v) is 8.57. The average molecular weight is 227 g/mol. The van der Waals surface area contributed by atoms with Crippen LogP contribution in [0.1, 0.15) is 11.4 Å². The topological polar surface area (TPSA) is 85.1 Å². The van der Waals surface area contributed by atoms with Crippen molar-refractivity contribution < 1.29 is 9.72 Å². The highest BCUT2D eigenvalue weighted by Gasteiger charge is 2.53. The summed E-state index contributed by atoms with van der Waals surface area (Å²) in [4.78, 5) is 25.3. The molecule has 7 heteroatoms. The van der Waals surface area contributed by atoms with Crippen LogP contribution >= 0.6 is 11.3 Å². The molecule has 6 nitrogen and oxygen atoms in total. The van der Waals surface area contributed by atoms with Crippen LogP contribution in [0.5, 0.6) is 0 Å². The zero-order chi connectivity index (χ0) is 10.8. The van der Waals surface area contributed by atoms with Crippen LogP contribution in [0, 0.1) is 16.0 Å². The van der Waals surface area contributed by atoms with Gasteiger partial charge in [0.2, 0.25) is 11.9 Å². The van der Waals surface area contributed by atoms with Gasteiger partial charge in [0.05, 0.1) is 6.54 Å². The third kappa shape index (κ3) is 2.30. The third-order valence-corrected chi connectivity index (χ3v) is 3.04. The predicted octanol–water partition coefficient (Wildman–Crippen LogP) is 0.424. The fourth-order valence-electron chi connectivity index (χ4n) is 1.33. The van der Waals surface area contributed by atoms with Crippen LogP contribution in [0.25, 0.3) is 0 Å². The zero-order valence-electron chi connectivity index (χ0n) is 7.75. The second-order valence-electron chi connectivity index (χ2n) is 3.34. The van der Waals surface area contributed by atoms with E-state index in [0.717, 1.165) is 5.01 Å². The van der Waals surface area contributed by atoms with Crippen molar-refractivity contribution in [2.45, 2.75) is 19.0 Å². The Hall–Kier alpha value is -1.50. The minimum absolute atomic E-state index is 0.244. The van der Waals surface area contributed by atoms with Crippen molar-refractivity contribution in [2.75, 3.05) is 0 Å². The van der Waals surface area contributed by atoms with Gasteiger partial charge in [-0.1, -0.05) is 0 Å². The average Bonchev–Trinajstić information content (AvgIpc) is 2.85. The number of hydrogen-bond acceptors (Lipinski definition) is 5. The van der Waals surface area contributed by atoms with Gasteiger partial charge in [-0.25, -0.2) is 4.98 Å². The van der Waals surface area contributed by atoms with E-state index < -0.39 is 16.9 Å². The molecule has 0 radical (unpaired) electrons. The van der Waals surface area contributed by atoms with Crippen molar-refractivity contribution >= 4 is 17.2 Å². The Morgan fingerprint density at radius 2 is 2.60 bits per heavy atom. The molecule has 1 aliphatic carbocycles. The Labute approximate surface area is 89.5 Å². The lowest BCUT2D eigenvalue weighted by atomic mass is 10.4. The van der Waals surface area contributed by atoms with Gasteiger partial charge in [-0.15, -0.1) is 11.3 Å². The van der Waals surface area contributed by atoms with Crippen LogP contribution in [-0.4, -0.2) is 21.9 Å². The Kier molecular flexibility index (Phi) is 2.63. The van der Waals surface area contributed by atoms with Crippen molar-refractivity contribution in [2.24, 2.45) is 5.92 Å². The molecule has 1 saturated carbocycles. The Balaban J connectivity index is 1.77.